The molecular formula is C24H26N4S. The molecule has 5 heteroatoms. The zero-order chi connectivity index (χ0) is 19.6. The van der Waals surface area contributed by atoms with Crippen molar-refractivity contribution in [1.29, 1.82) is 0 Å². The van der Waals surface area contributed by atoms with E-state index in [9.17, 15) is 0 Å². The van der Waals surface area contributed by atoms with Crippen molar-refractivity contribution >= 4 is 17.3 Å². The number of aromatic nitrogens is 2. The van der Waals surface area contributed by atoms with Crippen molar-refractivity contribution in [3.05, 3.63) is 90.0 Å². The van der Waals surface area contributed by atoms with Gasteiger partial charge >= 0.3 is 0 Å². The minimum Gasteiger partial charge on any atom is -0.352 e. The van der Waals surface area contributed by atoms with Gasteiger partial charge in [-0.3, -0.25) is 4.98 Å². The fourth-order valence-electron chi connectivity index (χ4n) is 4.75. The Hall–Kier alpha value is -2.66. The van der Waals surface area contributed by atoms with Crippen LogP contribution in [0.15, 0.2) is 73.2 Å². The topological polar surface area (TPSA) is 33.1 Å². The summed E-state index contributed by atoms with van der Waals surface area (Å²) in [5, 5.41) is 4.35. The molecule has 0 bridgehead atoms. The number of hydrogen-bond donors (Lipinski definition) is 1. The van der Waals surface area contributed by atoms with Crippen molar-refractivity contribution in [2.24, 2.45) is 0 Å². The van der Waals surface area contributed by atoms with Gasteiger partial charge in [-0.2, -0.15) is 0 Å². The van der Waals surface area contributed by atoms with Crippen molar-refractivity contribution in [1.82, 2.24) is 19.8 Å². The van der Waals surface area contributed by atoms with Crippen LogP contribution in [0.25, 0.3) is 0 Å². The van der Waals surface area contributed by atoms with Crippen molar-refractivity contribution < 1.29 is 0 Å². The van der Waals surface area contributed by atoms with E-state index in [2.05, 4.69) is 74.6 Å². The molecule has 0 amide bonds. The Morgan fingerprint density at radius 2 is 1.79 bits per heavy atom. The highest BCUT2D eigenvalue weighted by atomic mass is 32.1. The first kappa shape index (κ1) is 18.4. The van der Waals surface area contributed by atoms with E-state index in [-0.39, 0.29) is 12.1 Å². The van der Waals surface area contributed by atoms with Gasteiger partial charge in [0.05, 0.1) is 17.8 Å². The van der Waals surface area contributed by atoms with Gasteiger partial charge in [0, 0.05) is 31.2 Å². The SMILES string of the molecule is S=C1N[C@@H](c2ccccn2)[C@@H](c2ccn(C3CCCC3)c2)N1Cc1ccccc1. The van der Waals surface area contributed by atoms with Gasteiger partial charge in [-0.15, -0.1) is 0 Å². The minimum absolute atomic E-state index is 0.0480. The lowest BCUT2D eigenvalue weighted by Gasteiger charge is -2.27. The van der Waals surface area contributed by atoms with Crippen LogP contribution in [0.5, 0.6) is 0 Å². The highest BCUT2D eigenvalue weighted by Gasteiger charge is 2.40. The molecule has 2 atom stereocenters. The van der Waals surface area contributed by atoms with Gasteiger partial charge < -0.3 is 14.8 Å². The molecule has 3 heterocycles. The third-order valence-electron chi connectivity index (χ3n) is 6.22. The number of benzene rings is 1. The van der Waals surface area contributed by atoms with E-state index < -0.39 is 0 Å². The zero-order valence-corrected chi connectivity index (χ0v) is 17.3. The Bertz CT molecular complexity index is 963. The molecule has 2 fully saturated rings. The van der Waals surface area contributed by atoms with Crippen LogP contribution >= 0.6 is 12.2 Å². The molecule has 2 aliphatic rings. The van der Waals surface area contributed by atoms with Crippen LogP contribution in [0.4, 0.5) is 0 Å². The Kier molecular flexibility index (Phi) is 5.06. The Morgan fingerprint density at radius 1 is 1.00 bits per heavy atom. The first-order chi connectivity index (χ1) is 14.3. The van der Waals surface area contributed by atoms with Gasteiger partial charge in [-0.05, 0) is 54.4 Å². The molecule has 1 saturated carbocycles. The van der Waals surface area contributed by atoms with Crippen LogP contribution < -0.4 is 5.32 Å². The van der Waals surface area contributed by atoms with E-state index in [1.165, 1.54) is 36.8 Å². The summed E-state index contributed by atoms with van der Waals surface area (Å²) in [5.41, 5.74) is 3.60. The van der Waals surface area contributed by atoms with Gasteiger partial charge in [0.15, 0.2) is 5.11 Å². The number of thiocarbonyl (C=S) groups is 1. The second-order valence-electron chi connectivity index (χ2n) is 8.07. The third kappa shape index (κ3) is 3.67. The van der Waals surface area contributed by atoms with Gasteiger partial charge in [0.25, 0.3) is 0 Å². The lowest BCUT2D eigenvalue weighted by molar-refractivity contribution is 0.310. The molecule has 148 valence electrons. The molecule has 1 aliphatic carbocycles. The highest BCUT2D eigenvalue weighted by molar-refractivity contribution is 7.80. The van der Waals surface area contributed by atoms with Crippen LogP contribution in [0, 0.1) is 0 Å². The summed E-state index contributed by atoms with van der Waals surface area (Å²) in [7, 11) is 0. The number of rotatable bonds is 5. The van der Waals surface area contributed by atoms with Gasteiger partial charge in [-0.1, -0.05) is 49.2 Å². The van der Waals surface area contributed by atoms with Crippen molar-refractivity contribution in [3.8, 4) is 0 Å². The fraction of sp³-hybridized carbons (Fsp3) is 0.333. The quantitative estimate of drug-likeness (QED) is 0.597. The van der Waals surface area contributed by atoms with Crippen LogP contribution in [0.3, 0.4) is 0 Å². The second-order valence-corrected chi connectivity index (χ2v) is 8.46. The molecule has 0 radical (unpaired) electrons. The summed E-state index contributed by atoms with van der Waals surface area (Å²) in [6, 6.07) is 19.7. The Labute approximate surface area is 177 Å². The standard InChI is InChI=1S/C24H26N4S/c29-24-26-22(21-12-6-7-14-25-21)23(28(24)16-18-8-2-1-3-9-18)19-13-15-27(17-19)20-10-4-5-11-20/h1-3,6-9,12-15,17,20,22-23H,4-5,10-11,16H2,(H,26,29)/t22-,23+/m0/s1. The van der Waals surface area contributed by atoms with E-state index in [1.807, 2.05) is 18.3 Å². The summed E-state index contributed by atoms with van der Waals surface area (Å²) in [6.07, 6.45) is 11.7. The second kappa shape index (κ2) is 7.99. The molecule has 29 heavy (non-hydrogen) atoms. The molecule has 1 aliphatic heterocycles. The van der Waals surface area contributed by atoms with E-state index in [0.717, 1.165) is 17.4 Å². The van der Waals surface area contributed by atoms with Crippen LogP contribution in [-0.4, -0.2) is 19.6 Å². The monoisotopic (exact) mass is 402 g/mol. The highest BCUT2D eigenvalue weighted by Crippen LogP contribution is 2.40. The fourth-order valence-corrected chi connectivity index (χ4v) is 5.06. The minimum atomic E-state index is 0.0480. The van der Waals surface area contributed by atoms with Gasteiger partial charge in [-0.25, -0.2) is 0 Å². The average Bonchev–Trinajstić information content (AvgIpc) is 3.50. The van der Waals surface area contributed by atoms with Crippen LogP contribution in [0.1, 0.15) is 60.6 Å². The largest absolute Gasteiger partial charge is 0.352 e. The molecule has 4 nitrogen and oxygen atoms in total. The van der Waals surface area contributed by atoms with Gasteiger partial charge in [0.1, 0.15) is 0 Å². The summed E-state index contributed by atoms with van der Waals surface area (Å²) in [4.78, 5) is 6.96. The maximum Gasteiger partial charge on any atom is 0.170 e. The predicted molar refractivity (Wildman–Crippen MR) is 119 cm³/mol. The van der Waals surface area contributed by atoms with E-state index in [4.69, 9.17) is 12.2 Å². The smallest absolute Gasteiger partial charge is 0.170 e. The molecule has 1 aromatic carbocycles. The van der Waals surface area contributed by atoms with Crippen LogP contribution in [0.2, 0.25) is 0 Å². The zero-order valence-electron chi connectivity index (χ0n) is 16.4. The lowest BCUT2D eigenvalue weighted by atomic mass is 9.98. The molecule has 1 saturated heterocycles. The Balaban J connectivity index is 1.50. The molecule has 5 rings (SSSR count). The summed E-state index contributed by atoms with van der Waals surface area (Å²) in [6.45, 7) is 0.787. The maximum absolute atomic E-state index is 5.79. The normalized spacial score (nSPS) is 22.2. The van der Waals surface area contributed by atoms with E-state index in [0.29, 0.717) is 6.04 Å². The molecule has 3 aromatic rings. The first-order valence-electron chi connectivity index (χ1n) is 10.5. The Morgan fingerprint density at radius 3 is 2.55 bits per heavy atom. The number of nitrogens with zero attached hydrogens (tertiary/aromatic N) is 3. The third-order valence-corrected chi connectivity index (χ3v) is 6.57. The predicted octanol–water partition coefficient (Wildman–Crippen LogP) is 5.17. The number of hydrogen-bond acceptors (Lipinski definition) is 2. The molecule has 0 spiro atoms. The first-order valence-corrected chi connectivity index (χ1v) is 10.9. The van der Waals surface area contributed by atoms with E-state index >= 15 is 0 Å². The summed E-state index contributed by atoms with van der Waals surface area (Å²) < 4.78 is 2.42. The van der Waals surface area contributed by atoms with E-state index in [1.54, 1.807) is 0 Å². The number of nitrogens with one attached hydrogen (secondary N) is 1. The maximum atomic E-state index is 5.79. The molecule has 2 aromatic heterocycles. The molecule has 1 N–H and O–H groups in total. The van der Waals surface area contributed by atoms with Crippen LogP contribution in [-0.2, 0) is 6.54 Å². The molecule has 0 unspecified atom stereocenters. The van der Waals surface area contributed by atoms with Crippen molar-refractivity contribution in [3.63, 3.8) is 0 Å². The summed E-state index contributed by atoms with van der Waals surface area (Å²) in [5.74, 6) is 0. The summed E-state index contributed by atoms with van der Waals surface area (Å²) >= 11 is 5.79. The average molecular weight is 403 g/mol. The van der Waals surface area contributed by atoms with Crippen molar-refractivity contribution in [2.75, 3.05) is 0 Å². The van der Waals surface area contributed by atoms with Gasteiger partial charge in [0.2, 0.25) is 0 Å². The number of pyridine rings is 1. The molecular weight excluding hydrogens is 376 g/mol. The van der Waals surface area contributed by atoms with Crippen molar-refractivity contribution in [2.45, 2.75) is 50.4 Å². The lowest BCUT2D eigenvalue weighted by Crippen LogP contribution is -2.29.